The van der Waals surface area contributed by atoms with E-state index in [-0.39, 0.29) is 42.0 Å². The monoisotopic (exact) mass is 294 g/mol. The number of aliphatic hydroxyl groups is 1. The Balaban J connectivity index is 2.32. The van der Waals surface area contributed by atoms with Crippen molar-refractivity contribution in [1.29, 1.82) is 0 Å². The van der Waals surface area contributed by atoms with Gasteiger partial charge < -0.3 is 14.7 Å². The van der Waals surface area contributed by atoms with E-state index in [1.165, 1.54) is 18.2 Å². The van der Waals surface area contributed by atoms with Crippen LogP contribution in [0.3, 0.4) is 0 Å². The van der Waals surface area contributed by atoms with E-state index in [2.05, 4.69) is 0 Å². The number of nitro benzene ring substituents is 1. The average Bonchev–Trinajstić information content (AvgIpc) is 2.95. The van der Waals surface area contributed by atoms with Gasteiger partial charge in [0.1, 0.15) is 0 Å². The summed E-state index contributed by atoms with van der Waals surface area (Å²) in [6.07, 6.45) is 0.737. The number of hydrogen-bond donors (Lipinski definition) is 1. The van der Waals surface area contributed by atoms with E-state index in [0.29, 0.717) is 13.1 Å². The van der Waals surface area contributed by atoms with E-state index in [4.69, 9.17) is 9.84 Å². The minimum absolute atomic E-state index is 0.0162. The van der Waals surface area contributed by atoms with Crippen LogP contribution in [0, 0.1) is 16.0 Å². The topological polar surface area (TPSA) is 92.9 Å². The number of carbonyl (C=O) groups excluding carboxylic acids is 1. The highest BCUT2D eigenvalue weighted by atomic mass is 16.6. The first-order chi connectivity index (χ1) is 10.1. The van der Waals surface area contributed by atoms with Crippen LogP contribution in [0.5, 0.6) is 5.75 Å². The fourth-order valence-electron chi connectivity index (χ4n) is 2.47. The molecule has 2 rings (SSSR count). The van der Waals surface area contributed by atoms with Crippen LogP contribution in [-0.2, 0) is 0 Å². The van der Waals surface area contributed by atoms with Gasteiger partial charge in [0.25, 0.3) is 5.91 Å². The third-order valence-electron chi connectivity index (χ3n) is 3.54. The number of hydrogen-bond acceptors (Lipinski definition) is 5. The van der Waals surface area contributed by atoms with Gasteiger partial charge in [-0.15, -0.1) is 0 Å². The largest absolute Gasteiger partial charge is 0.487 e. The Bertz CT molecular complexity index is 546. The number of likely N-dealkylation sites (tertiary alicyclic amines) is 1. The first-order valence-electron chi connectivity index (χ1n) is 6.88. The Morgan fingerprint density at radius 1 is 1.57 bits per heavy atom. The van der Waals surface area contributed by atoms with Crippen LogP contribution in [0.25, 0.3) is 0 Å². The molecule has 21 heavy (non-hydrogen) atoms. The summed E-state index contributed by atoms with van der Waals surface area (Å²) in [5.74, 6) is -0.205. The van der Waals surface area contributed by atoms with Gasteiger partial charge in [0.15, 0.2) is 0 Å². The number of nitrogens with zero attached hydrogens (tertiary/aromatic N) is 2. The van der Waals surface area contributed by atoms with Crippen molar-refractivity contribution >= 4 is 11.6 Å². The number of carbonyl (C=O) groups is 1. The first kappa shape index (κ1) is 15.2. The van der Waals surface area contributed by atoms with Gasteiger partial charge in [0.2, 0.25) is 5.75 Å². The Labute approximate surface area is 122 Å². The lowest BCUT2D eigenvalue weighted by atomic mass is 10.1. The number of para-hydroxylation sites is 1. The third kappa shape index (κ3) is 3.13. The minimum atomic E-state index is -0.553. The Hall–Kier alpha value is -2.15. The normalized spacial score (nSPS) is 17.8. The van der Waals surface area contributed by atoms with Gasteiger partial charge in [-0.25, -0.2) is 0 Å². The zero-order chi connectivity index (χ0) is 15.4. The number of amides is 1. The summed E-state index contributed by atoms with van der Waals surface area (Å²) in [5, 5.41) is 20.2. The van der Waals surface area contributed by atoms with Crippen molar-refractivity contribution in [2.75, 3.05) is 26.3 Å². The van der Waals surface area contributed by atoms with E-state index in [1.54, 1.807) is 11.8 Å². The molecular weight excluding hydrogens is 276 g/mol. The van der Waals surface area contributed by atoms with E-state index >= 15 is 0 Å². The Morgan fingerprint density at radius 2 is 2.33 bits per heavy atom. The summed E-state index contributed by atoms with van der Waals surface area (Å²) >= 11 is 0. The molecule has 0 aliphatic carbocycles. The summed E-state index contributed by atoms with van der Waals surface area (Å²) in [6, 6.07) is 4.34. The molecule has 1 atom stereocenters. The number of rotatable bonds is 5. The average molecular weight is 294 g/mol. The van der Waals surface area contributed by atoms with E-state index < -0.39 is 4.92 Å². The van der Waals surface area contributed by atoms with Gasteiger partial charge in [-0.1, -0.05) is 6.07 Å². The van der Waals surface area contributed by atoms with Crippen LogP contribution < -0.4 is 4.74 Å². The van der Waals surface area contributed by atoms with Gasteiger partial charge in [0, 0.05) is 31.7 Å². The van der Waals surface area contributed by atoms with Crippen LogP contribution >= 0.6 is 0 Å². The zero-order valence-corrected chi connectivity index (χ0v) is 11.8. The summed E-state index contributed by atoms with van der Waals surface area (Å²) in [4.78, 5) is 24.6. The predicted octanol–water partition coefficient (Wildman–Crippen LogP) is 1.45. The highest BCUT2D eigenvalue weighted by Gasteiger charge is 2.30. The standard InChI is InChI=1S/C14H18N2O5/c1-2-21-13-11(4-3-5-12(13)16(19)20)14(18)15-7-6-10(8-15)9-17/h3-5,10,17H,2,6-9H2,1H3. The molecule has 1 heterocycles. The molecule has 1 amide bonds. The second-order valence-corrected chi connectivity index (χ2v) is 4.93. The molecule has 0 aromatic heterocycles. The van der Waals surface area contributed by atoms with Gasteiger partial charge in [-0.3, -0.25) is 14.9 Å². The molecule has 0 spiro atoms. The highest BCUT2D eigenvalue weighted by Crippen LogP contribution is 2.32. The van der Waals surface area contributed by atoms with Crippen molar-refractivity contribution in [3.63, 3.8) is 0 Å². The van der Waals surface area contributed by atoms with Crippen molar-refractivity contribution in [2.24, 2.45) is 5.92 Å². The van der Waals surface area contributed by atoms with Gasteiger partial charge in [-0.2, -0.15) is 0 Å². The van der Waals surface area contributed by atoms with Gasteiger partial charge >= 0.3 is 5.69 Å². The maximum Gasteiger partial charge on any atom is 0.311 e. The van der Waals surface area contributed by atoms with Crippen LogP contribution in [-0.4, -0.2) is 47.1 Å². The zero-order valence-electron chi connectivity index (χ0n) is 11.8. The Morgan fingerprint density at radius 3 is 2.90 bits per heavy atom. The molecule has 1 unspecified atom stereocenters. The molecule has 0 radical (unpaired) electrons. The summed E-state index contributed by atoms with van der Waals surface area (Å²) in [6.45, 7) is 2.99. The molecule has 114 valence electrons. The fraction of sp³-hybridized carbons (Fsp3) is 0.500. The van der Waals surface area contributed by atoms with Crippen LogP contribution in [0.15, 0.2) is 18.2 Å². The van der Waals surface area contributed by atoms with Crippen LogP contribution in [0.2, 0.25) is 0 Å². The maximum atomic E-state index is 12.5. The molecule has 0 saturated carbocycles. The van der Waals surface area contributed by atoms with Crippen LogP contribution in [0.1, 0.15) is 23.7 Å². The quantitative estimate of drug-likeness (QED) is 0.655. The molecule has 7 heteroatoms. The number of nitro groups is 1. The Kier molecular flexibility index (Phi) is 4.74. The van der Waals surface area contributed by atoms with Crippen molar-refractivity contribution in [2.45, 2.75) is 13.3 Å². The molecule has 1 aliphatic heterocycles. The third-order valence-corrected chi connectivity index (χ3v) is 3.54. The first-order valence-corrected chi connectivity index (χ1v) is 6.88. The molecule has 1 N–H and O–H groups in total. The number of benzene rings is 1. The maximum absolute atomic E-state index is 12.5. The molecule has 1 aliphatic rings. The second kappa shape index (κ2) is 6.53. The molecular formula is C14H18N2O5. The van der Waals surface area contributed by atoms with Crippen molar-refractivity contribution in [3.8, 4) is 5.75 Å². The lowest BCUT2D eigenvalue weighted by Crippen LogP contribution is -2.29. The number of aliphatic hydroxyl groups excluding tert-OH is 1. The molecule has 1 aromatic rings. The molecule has 7 nitrogen and oxygen atoms in total. The summed E-state index contributed by atoms with van der Waals surface area (Å²) in [7, 11) is 0. The molecule has 1 fully saturated rings. The smallest absolute Gasteiger partial charge is 0.311 e. The van der Waals surface area contributed by atoms with E-state index in [9.17, 15) is 14.9 Å². The summed E-state index contributed by atoms with van der Waals surface area (Å²) in [5.41, 5.74) is -0.00903. The summed E-state index contributed by atoms with van der Waals surface area (Å²) < 4.78 is 5.32. The van der Waals surface area contributed by atoms with Crippen molar-refractivity contribution < 1.29 is 19.6 Å². The minimum Gasteiger partial charge on any atom is -0.487 e. The fourth-order valence-corrected chi connectivity index (χ4v) is 2.47. The second-order valence-electron chi connectivity index (χ2n) is 4.93. The SMILES string of the molecule is CCOc1c(C(=O)N2CCC(CO)C2)cccc1[N+](=O)[O-]. The molecule has 1 aromatic carbocycles. The van der Waals surface area contributed by atoms with Crippen molar-refractivity contribution in [3.05, 3.63) is 33.9 Å². The van der Waals surface area contributed by atoms with Crippen molar-refractivity contribution in [1.82, 2.24) is 4.90 Å². The van der Waals surface area contributed by atoms with Crippen LogP contribution in [0.4, 0.5) is 5.69 Å². The van der Waals surface area contributed by atoms with Gasteiger partial charge in [0.05, 0.1) is 17.1 Å². The number of ether oxygens (including phenoxy) is 1. The van der Waals surface area contributed by atoms with Gasteiger partial charge in [-0.05, 0) is 19.4 Å². The molecule has 0 bridgehead atoms. The predicted molar refractivity (Wildman–Crippen MR) is 75.4 cm³/mol. The lowest BCUT2D eigenvalue weighted by molar-refractivity contribution is -0.385. The molecule has 1 saturated heterocycles. The lowest BCUT2D eigenvalue weighted by Gasteiger charge is -2.18. The van der Waals surface area contributed by atoms with E-state index in [0.717, 1.165) is 6.42 Å². The highest BCUT2D eigenvalue weighted by molar-refractivity contribution is 5.98. The van der Waals surface area contributed by atoms with E-state index in [1.807, 2.05) is 0 Å².